The first-order valence-corrected chi connectivity index (χ1v) is 8.09. The van der Waals surface area contributed by atoms with Crippen LogP contribution in [-0.4, -0.2) is 59.8 Å². The van der Waals surface area contributed by atoms with Crippen LogP contribution in [0, 0.1) is 0 Å². The summed E-state index contributed by atoms with van der Waals surface area (Å²) in [7, 11) is 1.35. The molecule has 2 bridgehead atoms. The van der Waals surface area contributed by atoms with E-state index in [1.807, 2.05) is 31.7 Å². The quantitative estimate of drug-likeness (QED) is 0.772. The topological polar surface area (TPSA) is 72.0 Å². The Bertz CT molecular complexity index is 638. The molecule has 2 aliphatic rings. The number of rotatable bonds is 2. The van der Waals surface area contributed by atoms with E-state index in [0.717, 1.165) is 18.8 Å². The Hall–Kier alpha value is -2.31. The van der Waals surface area contributed by atoms with Gasteiger partial charge in [-0.25, -0.2) is 14.6 Å². The number of fused-ring (bicyclic) bond motifs is 2. The molecular weight excluding hydrogens is 310 g/mol. The highest BCUT2D eigenvalue weighted by Crippen LogP contribution is 2.34. The van der Waals surface area contributed by atoms with Crippen molar-refractivity contribution >= 4 is 17.9 Å². The summed E-state index contributed by atoms with van der Waals surface area (Å²) in [5.74, 6) is 0.423. The Morgan fingerprint density at radius 3 is 2.46 bits per heavy atom. The summed E-state index contributed by atoms with van der Waals surface area (Å²) in [6, 6.07) is 3.92. The molecule has 0 N–H and O–H groups in total. The molecule has 3 heterocycles. The van der Waals surface area contributed by atoms with Crippen molar-refractivity contribution in [2.24, 2.45) is 0 Å². The fraction of sp³-hybridized carbons (Fsp3) is 0.588. The average Bonchev–Trinajstić information content (AvgIpc) is 3.13. The summed E-state index contributed by atoms with van der Waals surface area (Å²) < 4.78 is 10.2. The van der Waals surface area contributed by atoms with E-state index >= 15 is 0 Å². The van der Waals surface area contributed by atoms with Crippen LogP contribution in [0.4, 0.5) is 10.6 Å². The van der Waals surface area contributed by atoms with Crippen LogP contribution in [0.2, 0.25) is 0 Å². The third kappa shape index (κ3) is 3.16. The van der Waals surface area contributed by atoms with Gasteiger partial charge in [0, 0.05) is 19.3 Å². The van der Waals surface area contributed by atoms with Crippen molar-refractivity contribution in [3.8, 4) is 0 Å². The van der Waals surface area contributed by atoms with Crippen molar-refractivity contribution in [1.29, 1.82) is 0 Å². The van der Waals surface area contributed by atoms with Gasteiger partial charge in [-0.1, -0.05) is 0 Å². The van der Waals surface area contributed by atoms with Crippen LogP contribution in [0.3, 0.4) is 0 Å². The number of anilines is 1. The minimum absolute atomic E-state index is 0.145. The summed E-state index contributed by atoms with van der Waals surface area (Å²) in [5.41, 5.74) is -0.0508. The zero-order chi connectivity index (χ0) is 17.5. The van der Waals surface area contributed by atoms with Gasteiger partial charge in [-0.2, -0.15) is 0 Å². The molecule has 0 aromatic carbocycles. The number of amides is 1. The number of carbonyl (C=O) groups is 2. The molecule has 0 saturated carbocycles. The Morgan fingerprint density at radius 2 is 1.96 bits per heavy atom. The summed E-state index contributed by atoms with van der Waals surface area (Å²) in [6.45, 7) is 6.99. The molecule has 7 nitrogen and oxygen atoms in total. The highest BCUT2D eigenvalue weighted by atomic mass is 16.6. The molecule has 0 aliphatic carbocycles. The van der Waals surface area contributed by atoms with E-state index < -0.39 is 11.6 Å². The zero-order valence-corrected chi connectivity index (χ0v) is 14.5. The average molecular weight is 333 g/mol. The van der Waals surface area contributed by atoms with Crippen LogP contribution in [0.1, 0.15) is 37.6 Å². The number of carbonyl (C=O) groups excluding carboxylic acids is 2. The van der Waals surface area contributed by atoms with Gasteiger partial charge >= 0.3 is 12.1 Å². The van der Waals surface area contributed by atoms with Crippen molar-refractivity contribution in [2.45, 2.75) is 44.9 Å². The van der Waals surface area contributed by atoms with E-state index in [-0.39, 0.29) is 18.2 Å². The molecule has 1 aromatic rings. The predicted octanol–water partition coefficient (Wildman–Crippen LogP) is 2.07. The first-order valence-electron chi connectivity index (χ1n) is 8.09. The number of methoxy groups -OCH3 is 1. The summed E-state index contributed by atoms with van der Waals surface area (Å²) >= 11 is 0. The molecular formula is C17H23N3O4. The highest BCUT2D eigenvalue weighted by molar-refractivity contribution is 5.89. The largest absolute Gasteiger partial charge is 0.465 e. The molecule has 2 fully saturated rings. The number of pyridine rings is 1. The lowest BCUT2D eigenvalue weighted by Gasteiger charge is -2.35. The molecule has 1 amide bonds. The van der Waals surface area contributed by atoms with Crippen molar-refractivity contribution in [2.75, 3.05) is 25.1 Å². The molecule has 7 heteroatoms. The fourth-order valence-corrected chi connectivity index (χ4v) is 3.29. The Kier molecular flexibility index (Phi) is 4.11. The lowest BCUT2D eigenvalue weighted by atomic mass is 10.2. The maximum atomic E-state index is 12.3. The van der Waals surface area contributed by atoms with Gasteiger partial charge in [-0.05, 0) is 39.3 Å². The van der Waals surface area contributed by atoms with E-state index in [2.05, 4.69) is 14.6 Å². The lowest BCUT2D eigenvalue weighted by molar-refractivity contribution is 0.0214. The monoisotopic (exact) mass is 333 g/mol. The minimum Gasteiger partial charge on any atom is -0.465 e. The van der Waals surface area contributed by atoms with Gasteiger partial charge in [-0.15, -0.1) is 0 Å². The molecule has 0 spiro atoms. The van der Waals surface area contributed by atoms with Crippen LogP contribution in [0.15, 0.2) is 18.3 Å². The number of nitrogens with zero attached hydrogens (tertiary/aromatic N) is 3. The Labute approximate surface area is 141 Å². The molecule has 0 unspecified atom stereocenters. The van der Waals surface area contributed by atoms with Gasteiger partial charge in [0.2, 0.25) is 0 Å². The summed E-state index contributed by atoms with van der Waals surface area (Å²) in [4.78, 5) is 32.1. The second-order valence-electron chi connectivity index (χ2n) is 7.23. The number of aromatic nitrogens is 1. The van der Waals surface area contributed by atoms with Crippen LogP contribution in [0.5, 0.6) is 0 Å². The lowest BCUT2D eigenvalue weighted by Crippen LogP contribution is -2.50. The van der Waals surface area contributed by atoms with Crippen molar-refractivity contribution in [1.82, 2.24) is 9.88 Å². The normalized spacial score (nSPS) is 22.7. The number of hydrogen-bond acceptors (Lipinski definition) is 6. The first kappa shape index (κ1) is 16.5. The molecule has 0 radical (unpaired) electrons. The number of piperazine rings is 1. The maximum absolute atomic E-state index is 12.3. The molecule has 2 saturated heterocycles. The maximum Gasteiger partial charge on any atom is 0.410 e. The van der Waals surface area contributed by atoms with Crippen molar-refractivity contribution in [3.63, 3.8) is 0 Å². The molecule has 1 aromatic heterocycles. The van der Waals surface area contributed by atoms with E-state index in [1.54, 1.807) is 6.07 Å². The third-order valence-corrected chi connectivity index (χ3v) is 4.33. The van der Waals surface area contributed by atoms with Gasteiger partial charge < -0.3 is 19.3 Å². The smallest absolute Gasteiger partial charge is 0.410 e. The SMILES string of the molecule is COC(=O)c1ccc(N2C[C@@H]3C[C@H]2CN3C(=O)OC(C)(C)C)nc1. The van der Waals surface area contributed by atoms with E-state index in [9.17, 15) is 9.59 Å². The minimum atomic E-state index is -0.482. The number of hydrogen-bond donors (Lipinski definition) is 0. The molecule has 3 rings (SSSR count). The Balaban J connectivity index is 1.65. The van der Waals surface area contributed by atoms with Gasteiger partial charge in [0.05, 0.1) is 24.8 Å². The molecule has 24 heavy (non-hydrogen) atoms. The van der Waals surface area contributed by atoms with Gasteiger partial charge in [0.15, 0.2) is 0 Å². The van der Waals surface area contributed by atoms with Gasteiger partial charge in [-0.3, -0.25) is 0 Å². The van der Waals surface area contributed by atoms with Crippen LogP contribution >= 0.6 is 0 Å². The molecule has 2 atom stereocenters. The van der Waals surface area contributed by atoms with Crippen molar-refractivity contribution < 1.29 is 19.1 Å². The number of likely N-dealkylation sites (tertiary alicyclic amines) is 1. The molecule has 2 aliphatic heterocycles. The molecule has 130 valence electrons. The highest BCUT2D eigenvalue weighted by Gasteiger charge is 2.46. The zero-order valence-electron chi connectivity index (χ0n) is 14.5. The van der Waals surface area contributed by atoms with Gasteiger partial charge in [0.1, 0.15) is 11.4 Å². The van der Waals surface area contributed by atoms with Gasteiger partial charge in [0.25, 0.3) is 0 Å². The van der Waals surface area contributed by atoms with Crippen LogP contribution < -0.4 is 4.90 Å². The standard InChI is InChI=1S/C17H23N3O4/c1-17(2,3)24-16(22)20-10-12-7-13(20)9-19(12)14-6-5-11(8-18-14)15(21)23-4/h5-6,8,12-13H,7,9-10H2,1-4H3/t12-,13-/m0/s1. The number of ether oxygens (including phenoxy) is 2. The predicted molar refractivity (Wildman–Crippen MR) is 88.1 cm³/mol. The first-order chi connectivity index (χ1) is 11.3. The van der Waals surface area contributed by atoms with Crippen LogP contribution in [-0.2, 0) is 9.47 Å². The van der Waals surface area contributed by atoms with Crippen molar-refractivity contribution in [3.05, 3.63) is 23.9 Å². The summed E-state index contributed by atoms with van der Waals surface area (Å²) in [6.07, 6.45) is 2.20. The Morgan fingerprint density at radius 1 is 1.21 bits per heavy atom. The number of esters is 1. The van der Waals surface area contributed by atoms with E-state index in [0.29, 0.717) is 12.1 Å². The second-order valence-corrected chi connectivity index (χ2v) is 7.23. The fourth-order valence-electron chi connectivity index (χ4n) is 3.29. The summed E-state index contributed by atoms with van der Waals surface area (Å²) in [5, 5.41) is 0. The third-order valence-electron chi connectivity index (χ3n) is 4.33. The second kappa shape index (κ2) is 5.96. The van der Waals surface area contributed by atoms with E-state index in [4.69, 9.17) is 4.74 Å². The van der Waals surface area contributed by atoms with E-state index in [1.165, 1.54) is 13.3 Å². The van der Waals surface area contributed by atoms with Crippen LogP contribution in [0.25, 0.3) is 0 Å².